The highest BCUT2D eigenvalue weighted by molar-refractivity contribution is 6.31. The molecule has 31 heavy (non-hydrogen) atoms. The summed E-state index contributed by atoms with van der Waals surface area (Å²) in [4.78, 5) is 0. The third-order valence-corrected chi connectivity index (χ3v) is 6.14. The van der Waals surface area contributed by atoms with Crippen LogP contribution in [0, 0.1) is 0 Å². The average molecular weight is 451 g/mol. The van der Waals surface area contributed by atoms with Crippen molar-refractivity contribution in [2.24, 2.45) is 0 Å². The van der Waals surface area contributed by atoms with E-state index < -0.39 is 37.1 Å². The Bertz CT molecular complexity index is 869. The molecule has 2 aliphatic heterocycles. The highest BCUT2D eigenvalue weighted by atomic mass is 35.5. The number of aliphatic hydroxyl groups is 4. The number of halogens is 1. The first kappa shape index (κ1) is 22.5. The van der Waals surface area contributed by atoms with Crippen molar-refractivity contribution in [3.63, 3.8) is 0 Å². The predicted molar refractivity (Wildman–Crippen MR) is 113 cm³/mol. The molecule has 0 radical (unpaired) electrons. The van der Waals surface area contributed by atoms with Crippen molar-refractivity contribution in [3.8, 4) is 5.75 Å². The van der Waals surface area contributed by atoms with E-state index in [2.05, 4.69) is 0 Å². The number of hydrogen-bond acceptors (Lipinski definition) is 7. The highest BCUT2D eigenvalue weighted by Crippen LogP contribution is 2.36. The van der Waals surface area contributed by atoms with Gasteiger partial charge in [0.1, 0.15) is 42.4 Å². The second kappa shape index (κ2) is 9.83. The molecule has 0 unspecified atom stereocenters. The number of ether oxygens (including phenoxy) is 3. The zero-order valence-electron chi connectivity index (χ0n) is 16.9. The smallest absolute Gasteiger partial charge is 0.124 e. The molecule has 4 rings (SSSR count). The molecule has 0 spiro atoms. The Balaban J connectivity index is 1.47. The lowest BCUT2D eigenvalue weighted by Crippen LogP contribution is -2.40. The Labute approximate surface area is 185 Å². The first-order valence-corrected chi connectivity index (χ1v) is 10.8. The fourth-order valence-electron chi connectivity index (χ4n) is 4.01. The molecule has 6 atom stereocenters. The van der Waals surface area contributed by atoms with Crippen molar-refractivity contribution < 1.29 is 34.6 Å². The summed E-state index contributed by atoms with van der Waals surface area (Å²) in [5.41, 5.74) is 2.52. The molecular formula is C23H27ClO7. The van der Waals surface area contributed by atoms with Gasteiger partial charge in [-0.15, -0.1) is 0 Å². The zero-order valence-corrected chi connectivity index (χ0v) is 17.7. The molecule has 2 aliphatic rings. The van der Waals surface area contributed by atoms with Crippen LogP contribution in [0.25, 0.3) is 0 Å². The highest BCUT2D eigenvalue weighted by Gasteiger charge is 2.46. The molecule has 2 heterocycles. The predicted octanol–water partition coefficient (Wildman–Crippen LogP) is 1.61. The van der Waals surface area contributed by atoms with E-state index in [1.165, 1.54) is 0 Å². The van der Waals surface area contributed by atoms with Crippen LogP contribution in [0.4, 0.5) is 0 Å². The van der Waals surface area contributed by atoms with E-state index in [1.54, 1.807) is 12.1 Å². The molecule has 2 aromatic carbocycles. The molecule has 7 nitrogen and oxygen atoms in total. The van der Waals surface area contributed by atoms with Crippen molar-refractivity contribution in [1.82, 2.24) is 0 Å². The van der Waals surface area contributed by atoms with E-state index >= 15 is 0 Å². The van der Waals surface area contributed by atoms with Crippen LogP contribution >= 0.6 is 11.6 Å². The van der Waals surface area contributed by atoms with Gasteiger partial charge in [0.25, 0.3) is 0 Å². The minimum absolute atomic E-state index is 0.0957. The van der Waals surface area contributed by atoms with Crippen LogP contribution in [-0.4, -0.2) is 70.8 Å². The maximum Gasteiger partial charge on any atom is 0.124 e. The van der Waals surface area contributed by atoms with Crippen LogP contribution in [0.3, 0.4) is 0 Å². The molecule has 168 valence electrons. The van der Waals surface area contributed by atoms with Gasteiger partial charge in [0.2, 0.25) is 0 Å². The van der Waals surface area contributed by atoms with E-state index in [0.29, 0.717) is 23.6 Å². The van der Waals surface area contributed by atoms with Gasteiger partial charge >= 0.3 is 0 Å². The number of rotatable bonds is 7. The molecular weight excluding hydrogens is 424 g/mol. The van der Waals surface area contributed by atoms with E-state index in [1.807, 2.05) is 30.3 Å². The normalized spacial score (nSPS) is 29.3. The molecule has 8 heteroatoms. The number of aliphatic hydroxyl groups excluding tert-OH is 4. The number of hydrogen-bond donors (Lipinski definition) is 4. The van der Waals surface area contributed by atoms with Gasteiger partial charge in [-0.1, -0.05) is 35.9 Å². The molecule has 0 bridgehead atoms. The molecule has 2 fully saturated rings. The molecule has 0 saturated carbocycles. The standard InChI is InChI=1S/C23H27ClO7/c24-18-6-3-14(22-20(27)21(28)23(31-22)19(26)11-25)10-15(18)9-13-1-4-16(5-2-13)30-17-7-8-29-12-17/h1-6,10,17,19-23,25-28H,7-9,11-12H2/t17-,19+,20+,21+,22+,23+/m0/s1. The van der Waals surface area contributed by atoms with Crippen molar-refractivity contribution in [2.75, 3.05) is 19.8 Å². The van der Waals surface area contributed by atoms with Gasteiger partial charge in [0.05, 0.1) is 19.8 Å². The van der Waals surface area contributed by atoms with Crippen LogP contribution in [0.15, 0.2) is 42.5 Å². The minimum atomic E-state index is -1.30. The second-order valence-electron chi connectivity index (χ2n) is 8.03. The fraction of sp³-hybridized carbons (Fsp3) is 0.478. The molecule has 0 aliphatic carbocycles. The lowest BCUT2D eigenvalue weighted by Gasteiger charge is -2.19. The van der Waals surface area contributed by atoms with Gasteiger partial charge in [-0.2, -0.15) is 0 Å². The summed E-state index contributed by atoms with van der Waals surface area (Å²) in [6.07, 6.45) is -4.15. The van der Waals surface area contributed by atoms with Crippen molar-refractivity contribution in [1.29, 1.82) is 0 Å². The maximum absolute atomic E-state index is 10.4. The molecule has 0 aromatic heterocycles. The van der Waals surface area contributed by atoms with Crippen molar-refractivity contribution in [2.45, 2.75) is 49.5 Å². The SMILES string of the molecule is OC[C@@H](O)[C@H]1O[C@H](c2ccc(Cl)c(Cc3ccc(O[C@H]4CCOC4)cc3)c2)[C@H](O)[C@H]1O. The summed E-state index contributed by atoms with van der Waals surface area (Å²) < 4.78 is 16.9. The topological polar surface area (TPSA) is 109 Å². The summed E-state index contributed by atoms with van der Waals surface area (Å²) in [6.45, 7) is 0.776. The Morgan fingerprint density at radius 2 is 1.87 bits per heavy atom. The second-order valence-corrected chi connectivity index (χ2v) is 8.43. The van der Waals surface area contributed by atoms with Gasteiger partial charge in [-0.05, 0) is 41.3 Å². The average Bonchev–Trinajstić information content (AvgIpc) is 3.39. The largest absolute Gasteiger partial charge is 0.488 e. The van der Waals surface area contributed by atoms with Gasteiger partial charge in [0, 0.05) is 11.4 Å². The van der Waals surface area contributed by atoms with Crippen molar-refractivity contribution >= 4 is 11.6 Å². The Morgan fingerprint density at radius 1 is 1.10 bits per heavy atom. The molecule has 2 aromatic rings. The quantitative estimate of drug-likeness (QED) is 0.507. The van der Waals surface area contributed by atoms with Crippen LogP contribution < -0.4 is 4.74 Å². The lowest BCUT2D eigenvalue weighted by molar-refractivity contribution is -0.0820. The fourth-order valence-corrected chi connectivity index (χ4v) is 4.20. The Hall–Kier alpha value is -1.71. The summed E-state index contributed by atoms with van der Waals surface area (Å²) in [6, 6.07) is 13.1. The third-order valence-electron chi connectivity index (χ3n) is 5.77. The summed E-state index contributed by atoms with van der Waals surface area (Å²) in [5.74, 6) is 0.795. The van der Waals surface area contributed by atoms with Crippen molar-refractivity contribution in [3.05, 3.63) is 64.2 Å². The first-order valence-electron chi connectivity index (χ1n) is 10.4. The molecule has 0 amide bonds. The van der Waals surface area contributed by atoms with E-state index in [4.69, 9.17) is 30.9 Å². The van der Waals surface area contributed by atoms with E-state index in [0.717, 1.165) is 29.9 Å². The van der Waals surface area contributed by atoms with Crippen LogP contribution in [0.1, 0.15) is 29.2 Å². The van der Waals surface area contributed by atoms with Crippen LogP contribution in [-0.2, 0) is 15.9 Å². The van der Waals surface area contributed by atoms with E-state index in [9.17, 15) is 15.3 Å². The van der Waals surface area contributed by atoms with Crippen LogP contribution in [0.5, 0.6) is 5.75 Å². The van der Waals surface area contributed by atoms with Crippen LogP contribution in [0.2, 0.25) is 5.02 Å². The monoisotopic (exact) mass is 450 g/mol. The lowest BCUT2D eigenvalue weighted by atomic mass is 9.96. The van der Waals surface area contributed by atoms with Gasteiger partial charge in [0.15, 0.2) is 0 Å². The maximum atomic E-state index is 10.4. The first-order chi connectivity index (χ1) is 15.0. The number of benzene rings is 2. The molecule has 2 saturated heterocycles. The Kier molecular flexibility index (Phi) is 7.13. The van der Waals surface area contributed by atoms with E-state index in [-0.39, 0.29) is 6.10 Å². The Morgan fingerprint density at radius 3 is 2.55 bits per heavy atom. The van der Waals surface area contributed by atoms with Gasteiger partial charge in [-0.3, -0.25) is 0 Å². The third kappa shape index (κ3) is 5.04. The summed E-state index contributed by atoms with van der Waals surface area (Å²) in [5, 5.41) is 40.1. The zero-order chi connectivity index (χ0) is 22.0. The minimum Gasteiger partial charge on any atom is -0.488 e. The molecule has 4 N–H and O–H groups in total. The van der Waals surface area contributed by atoms with Gasteiger partial charge in [-0.25, -0.2) is 0 Å². The summed E-state index contributed by atoms with van der Waals surface area (Å²) >= 11 is 6.40. The summed E-state index contributed by atoms with van der Waals surface area (Å²) in [7, 11) is 0. The van der Waals surface area contributed by atoms with Gasteiger partial charge < -0.3 is 34.6 Å².